The van der Waals surface area contributed by atoms with Gasteiger partial charge in [0.15, 0.2) is 0 Å². The molecular formula is C20H19ClFN3. The van der Waals surface area contributed by atoms with Crippen molar-refractivity contribution in [2.45, 2.75) is 13.0 Å². The van der Waals surface area contributed by atoms with Gasteiger partial charge in [-0.1, -0.05) is 35.9 Å². The van der Waals surface area contributed by atoms with Crippen molar-refractivity contribution in [3.63, 3.8) is 0 Å². The Morgan fingerprint density at radius 2 is 2.12 bits per heavy atom. The minimum Gasteiger partial charge on any atom is -0.315 e. The number of nitriles is 1. The van der Waals surface area contributed by atoms with Crippen molar-refractivity contribution in [2.75, 3.05) is 26.2 Å². The van der Waals surface area contributed by atoms with E-state index in [-0.39, 0.29) is 5.56 Å². The van der Waals surface area contributed by atoms with Crippen LogP contribution in [0.4, 0.5) is 4.39 Å². The van der Waals surface area contributed by atoms with E-state index in [0.29, 0.717) is 16.0 Å². The van der Waals surface area contributed by atoms with Crippen LogP contribution < -0.4 is 5.32 Å². The van der Waals surface area contributed by atoms with E-state index in [2.05, 4.69) is 10.2 Å². The summed E-state index contributed by atoms with van der Waals surface area (Å²) in [6.07, 6.45) is 1.23. The van der Waals surface area contributed by atoms with Gasteiger partial charge in [-0.2, -0.15) is 5.26 Å². The third-order valence-electron chi connectivity index (χ3n) is 5.39. The number of likely N-dealkylation sites (tertiary alicyclic amines) is 1. The number of hydrogen-bond acceptors (Lipinski definition) is 3. The van der Waals surface area contributed by atoms with Crippen LogP contribution in [0.15, 0.2) is 36.4 Å². The van der Waals surface area contributed by atoms with Crippen LogP contribution in [-0.2, 0) is 6.54 Å². The molecule has 2 saturated heterocycles. The second kappa shape index (κ2) is 6.42. The van der Waals surface area contributed by atoms with E-state index in [1.54, 1.807) is 6.07 Å². The molecule has 0 unspecified atom stereocenters. The van der Waals surface area contributed by atoms with E-state index in [1.807, 2.05) is 24.3 Å². The van der Waals surface area contributed by atoms with Crippen molar-refractivity contribution in [1.82, 2.24) is 10.2 Å². The van der Waals surface area contributed by atoms with E-state index >= 15 is 0 Å². The van der Waals surface area contributed by atoms with Gasteiger partial charge in [-0.05, 0) is 36.2 Å². The number of halogens is 2. The summed E-state index contributed by atoms with van der Waals surface area (Å²) in [5.74, 6) is -0.513. The summed E-state index contributed by atoms with van der Waals surface area (Å²) in [6.45, 7) is 5.23. The molecule has 1 spiro atoms. The molecule has 3 nitrogen and oxygen atoms in total. The van der Waals surface area contributed by atoms with Gasteiger partial charge >= 0.3 is 0 Å². The highest BCUT2D eigenvalue weighted by atomic mass is 35.5. The SMILES string of the molecule is N#Cc1ccc(-c2cccc(CN3CCC4(CNC4)C3)c2Cl)cc1F. The highest BCUT2D eigenvalue weighted by molar-refractivity contribution is 6.34. The first-order valence-corrected chi connectivity index (χ1v) is 8.89. The Morgan fingerprint density at radius 3 is 2.76 bits per heavy atom. The van der Waals surface area contributed by atoms with Gasteiger partial charge in [0, 0.05) is 37.2 Å². The number of nitrogens with zero attached hydrogens (tertiary/aromatic N) is 2. The molecule has 5 heteroatoms. The Balaban J connectivity index is 1.58. The van der Waals surface area contributed by atoms with Crippen LogP contribution in [0.25, 0.3) is 11.1 Å². The lowest BCUT2D eigenvalue weighted by Crippen LogP contribution is -2.54. The number of nitrogens with one attached hydrogen (secondary N) is 1. The molecule has 0 amide bonds. The third-order valence-corrected chi connectivity index (χ3v) is 5.84. The fourth-order valence-corrected chi connectivity index (χ4v) is 4.16. The molecule has 0 aliphatic carbocycles. The average molecular weight is 356 g/mol. The van der Waals surface area contributed by atoms with Crippen LogP contribution in [-0.4, -0.2) is 31.1 Å². The molecule has 0 saturated carbocycles. The molecule has 1 N–H and O–H groups in total. The standard InChI is InChI=1S/C20H19ClFN3/c21-19-16(10-25-7-6-20(13-25)11-24-12-20)2-1-3-17(19)14-4-5-15(9-23)18(22)8-14/h1-5,8,24H,6-7,10-13H2. The first-order chi connectivity index (χ1) is 12.1. The smallest absolute Gasteiger partial charge is 0.141 e. The lowest BCUT2D eigenvalue weighted by atomic mass is 9.81. The Bertz CT molecular complexity index is 855. The van der Waals surface area contributed by atoms with Crippen molar-refractivity contribution < 1.29 is 4.39 Å². The van der Waals surface area contributed by atoms with Crippen LogP contribution in [0.1, 0.15) is 17.5 Å². The first-order valence-electron chi connectivity index (χ1n) is 8.51. The number of benzene rings is 2. The normalized spacial score (nSPS) is 18.9. The topological polar surface area (TPSA) is 39.1 Å². The highest BCUT2D eigenvalue weighted by Gasteiger charge is 2.42. The maximum absolute atomic E-state index is 13.9. The Hall–Kier alpha value is -1.93. The molecule has 0 aromatic heterocycles. The quantitative estimate of drug-likeness (QED) is 0.909. The van der Waals surface area contributed by atoms with Crippen molar-refractivity contribution in [3.05, 3.63) is 58.4 Å². The van der Waals surface area contributed by atoms with Crippen molar-refractivity contribution in [3.8, 4) is 17.2 Å². The Morgan fingerprint density at radius 1 is 1.28 bits per heavy atom. The van der Waals surface area contributed by atoms with Gasteiger partial charge in [0.05, 0.1) is 10.6 Å². The van der Waals surface area contributed by atoms with Crippen molar-refractivity contribution in [1.29, 1.82) is 5.26 Å². The average Bonchev–Trinajstić information content (AvgIpc) is 3.01. The second-order valence-electron chi connectivity index (χ2n) is 7.15. The zero-order valence-electron chi connectivity index (χ0n) is 13.9. The zero-order chi connectivity index (χ0) is 17.4. The predicted molar refractivity (Wildman–Crippen MR) is 96.8 cm³/mol. The van der Waals surface area contributed by atoms with Gasteiger partial charge in [0.25, 0.3) is 0 Å². The number of hydrogen-bond donors (Lipinski definition) is 1. The van der Waals surface area contributed by atoms with Crippen LogP contribution in [0.2, 0.25) is 5.02 Å². The molecule has 0 atom stereocenters. The zero-order valence-corrected chi connectivity index (χ0v) is 14.6. The molecule has 4 rings (SSSR count). The van der Waals surface area contributed by atoms with Gasteiger partial charge in [0.1, 0.15) is 11.9 Å². The van der Waals surface area contributed by atoms with E-state index in [1.165, 1.54) is 18.6 Å². The van der Waals surface area contributed by atoms with Gasteiger partial charge in [0.2, 0.25) is 0 Å². The maximum Gasteiger partial charge on any atom is 0.141 e. The van der Waals surface area contributed by atoms with Crippen LogP contribution in [0.3, 0.4) is 0 Å². The second-order valence-corrected chi connectivity index (χ2v) is 7.53. The number of rotatable bonds is 3. The Kier molecular flexibility index (Phi) is 4.24. The summed E-state index contributed by atoms with van der Waals surface area (Å²) < 4.78 is 13.9. The van der Waals surface area contributed by atoms with E-state index < -0.39 is 5.82 Å². The summed E-state index contributed by atoms with van der Waals surface area (Å²) in [7, 11) is 0. The fraction of sp³-hybridized carbons (Fsp3) is 0.350. The molecule has 0 radical (unpaired) electrons. The highest BCUT2D eigenvalue weighted by Crippen LogP contribution is 2.37. The molecule has 2 aromatic rings. The minimum absolute atomic E-state index is 0.0486. The van der Waals surface area contributed by atoms with Gasteiger partial charge in [-0.25, -0.2) is 4.39 Å². The van der Waals surface area contributed by atoms with Crippen LogP contribution >= 0.6 is 11.6 Å². The van der Waals surface area contributed by atoms with Gasteiger partial charge in [-0.3, -0.25) is 4.90 Å². The molecular weight excluding hydrogens is 337 g/mol. The van der Waals surface area contributed by atoms with E-state index in [9.17, 15) is 4.39 Å². The van der Waals surface area contributed by atoms with Gasteiger partial charge in [-0.15, -0.1) is 0 Å². The third kappa shape index (κ3) is 3.04. The van der Waals surface area contributed by atoms with Crippen LogP contribution in [0.5, 0.6) is 0 Å². The monoisotopic (exact) mass is 355 g/mol. The lowest BCUT2D eigenvalue weighted by Gasteiger charge is -2.39. The largest absolute Gasteiger partial charge is 0.315 e. The van der Waals surface area contributed by atoms with E-state index in [0.717, 1.165) is 43.9 Å². The van der Waals surface area contributed by atoms with Crippen LogP contribution in [0, 0.1) is 22.6 Å². The predicted octanol–water partition coefficient (Wildman–Crippen LogP) is 3.81. The molecule has 2 aromatic carbocycles. The summed E-state index contributed by atoms with van der Waals surface area (Å²) in [6, 6.07) is 12.4. The molecule has 2 fully saturated rings. The first kappa shape index (κ1) is 16.5. The Labute approximate surface area is 152 Å². The molecule has 2 aliphatic rings. The summed E-state index contributed by atoms with van der Waals surface area (Å²) in [5, 5.41) is 12.9. The molecule has 25 heavy (non-hydrogen) atoms. The molecule has 0 bridgehead atoms. The maximum atomic E-state index is 13.9. The summed E-state index contributed by atoms with van der Waals surface area (Å²) >= 11 is 6.64. The van der Waals surface area contributed by atoms with Crippen molar-refractivity contribution >= 4 is 11.6 Å². The minimum atomic E-state index is -0.513. The van der Waals surface area contributed by atoms with Crippen molar-refractivity contribution in [2.24, 2.45) is 5.41 Å². The fourth-order valence-electron chi connectivity index (χ4n) is 3.87. The molecule has 128 valence electrons. The summed E-state index contributed by atoms with van der Waals surface area (Å²) in [5.41, 5.74) is 3.08. The van der Waals surface area contributed by atoms with Gasteiger partial charge < -0.3 is 5.32 Å². The molecule has 2 heterocycles. The lowest BCUT2D eigenvalue weighted by molar-refractivity contribution is 0.167. The summed E-state index contributed by atoms with van der Waals surface area (Å²) in [4.78, 5) is 2.45. The molecule has 2 aliphatic heterocycles. The van der Waals surface area contributed by atoms with E-state index in [4.69, 9.17) is 16.9 Å².